The molecule has 0 unspecified atom stereocenters. The van der Waals surface area contributed by atoms with Gasteiger partial charge in [0.1, 0.15) is 22.2 Å². The van der Waals surface area contributed by atoms with E-state index in [1.165, 1.54) is 31.5 Å². The first-order valence-corrected chi connectivity index (χ1v) is 13.0. The van der Waals surface area contributed by atoms with E-state index in [1.54, 1.807) is 13.0 Å². The first kappa shape index (κ1) is 27.9. The number of hydrogen-bond acceptors (Lipinski definition) is 10. The third-order valence-electron chi connectivity index (χ3n) is 5.44. The van der Waals surface area contributed by atoms with Crippen molar-refractivity contribution in [2.45, 2.75) is 39.1 Å². The number of aromatic nitrogens is 3. The van der Waals surface area contributed by atoms with Gasteiger partial charge in [-0.25, -0.2) is 9.59 Å². The number of methoxy groups -OCH3 is 2. The minimum absolute atomic E-state index is 0.0155. The van der Waals surface area contributed by atoms with Gasteiger partial charge in [-0.15, -0.1) is 28.1 Å². The maximum atomic E-state index is 12.8. The maximum absolute atomic E-state index is 12.8. The largest absolute Gasteiger partial charge is 0.486 e. The number of thiophene rings is 1. The van der Waals surface area contributed by atoms with E-state index in [1.807, 2.05) is 36.6 Å². The molecule has 3 rings (SSSR count). The van der Waals surface area contributed by atoms with Gasteiger partial charge in [-0.2, -0.15) is 0 Å². The predicted molar refractivity (Wildman–Crippen MR) is 142 cm³/mol. The number of amides is 1. The molecule has 0 saturated carbocycles. The minimum Gasteiger partial charge on any atom is -0.486 e. The first-order valence-electron chi connectivity index (χ1n) is 11.2. The van der Waals surface area contributed by atoms with Crippen LogP contribution < -0.4 is 10.1 Å². The number of carbonyl (C=O) groups is 3. The van der Waals surface area contributed by atoms with Crippen molar-refractivity contribution in [3.63, 3.8) is 0 Å². The molecule has 0 radical (unpaired) electrons. The van der Waals surface area contributed by atoms with Crippen molar-refractivity contribution in [2.24, 2.45) is 0 Å². The zero-order valence-corrected chi connectivity index (χ0v) is 22.9. The molecule has 12 heteroatoms. The summed E-state index contributed by atoms with van der Waals surface area (Å²) in [5, 5.41) is 11.9. The van der Waals surface area contributed by atoms with Crippen LogP contribution in [0.3, 0.4) is 0 Å². The SMILES string of the molecule is C=CCn1c(COc2ccc(C)c(C)c2)nnc1SCC(=O)Nc1sc(C(=O)OC)c(C)c1C(=O)OC. The molecule has 37 heavy (non-hydrogen) atoms. The van der Waals surface area contributed by atoms with Gasteiger partial charge in [0, 0.05) is 6.54 Å². The van der Waals surface area contributed by atoms with Crippen molar-refractivity contribution in [3.05, 3.63) is 63.8 Å². The second-order valence-electron chi connectivity index (χ2n) is 7.91. The normalized spacial score (nSPS) is 10.6. The van der Waals surface area contributed by atoms with E-state index in [2.05, 4.69) is 22.1 Å². The van der Waals surface area contributed by atoms with Crippen LogP contribution in [0.15, 0.2) is 36.0 Å². The van der Waals surface area contributed by atoms with Gasteiger partial charge in [0.25, 0.3) is 0 Å². The van der Waals surface area contributed by atoms with Crippen LogP contribution in [-0.4, -0.2) is 52.6 Å². The smallest absolute Gasteiger partial charge is 0.348 e. The molecule has 1 N–H and O–H groups in total. The number of allylic oxidation sites excluding steroid dienone is 1. The molecule has 2 heterocycles. The number of esters is 2. The van der Waals surface area contributed by atoms with Crippen LogP contribution in [0.2, 0.25) is 0 Å². The first-order chi connectivity index (χ1) is 17.7. The molecular formula is C25H28N4O6S2. The molecule has 10 nitrogen and oxygen atoms in total. The van der Waals surface area contributed by atoms with E-state index in [-0.39, 0.29) is 27.8 Å². The molecule has 0 aliphatic heterocycles. The molecule has 0 aliphatic carbocycles. The van der Waals surface area contributed by atoms with Crippen LogP contribution in [0.5, 0.6) is 5.75 Å². The summed E-state index contributed by atoms with van der Waals surface area (Å²) in [6, 6.07) is 5.86. The van der Waals surface area contributed by atoms with Crippen LogP contribution >= 0.6 is 23.1 Å². The number of anilines is 1. The molecule has 0 saturated heterocycles. The predicted octanol–water partition coefficient (Wildman–Crippen LogP) is 4.33. The summed E-state index contributed by atoms with van der Waals surface area (Å²) >= 11 is 2.13. The maximum Gasteiger partial charge on any atom is 0.348 e. The van der Waals surface area contributed by atoms with Crippen LogP contribution in [-0.2, 0) is 27.4 Å². The van der Waals surface area contributed by atoms with Crippen LogP contribution in [0, 0.1) is 20.8 Å². The van der Waals surface area contributed by atoms with Crippen molar-refractivity contribution in [3.8, 4) is 5.75 Å². The fourth-order valence-electron chi connectivity index (χ4n) is 3.33. The Balaban J connectivity index is 1.71. The number of hydrogen-bond donors (Lipinski definition) is 1. The second-order valence-corrected chi connectivity index (χ2v) is 9.88. The molecule has 0 bridgehead atoms. The summed E-state index contributed by atoms with van der Waals surface area (Å²) in [5.41, 5.74) is 2.80. The minimum atomic E-state index is -0.661. The van der Waals surface area contributed by atoms with E-state index < -0.39 is 17.8 Å². The van der Waals surface area contributed by atoms with Gasteiger partial charge in [0.15, 0.2) is 11.0 Å². The highest BCUT2D eigenvalue weighted by molar-refractivity contribution is 7.99. The lowest BCUT2D eigenvalue weighted by Crippen LogP contribution is -2.16. The van der Waals surface area contributed by atoms with Crippen LogP contribution in [0.4, 0.5) is 5.00 Å². The average Bonchev–Trinajstić information content (AvgIpc) is 3.42. The van der Waals surface area contributed by atoms with Gasteiger partial charge in [-0.05, 0) is 49.6 Å². The number of ether oxygens (including phenoxy) is 3. The Hall–Kier alpha value is -3.64. The molecule has 1 aromatic carbocycles. The summed E-state index contributed by atoms with van der Waals surface area (Å²) in [6.07, 6.45) is 1.71. The van der Waals surface area contributed by atoms with Crippen molar-refractivity contribution in [1.82, 2.24) is 14.8 Å². The highest BCUT2D eigenvalue weighted by Crippen LogP contribution is 2.34. The number of rotatable bonds is 11. The molecule has 3 aromatic rings. The van der Waals surface area contributed by atoms with E-state index >= 15 is 0 Å². The molecule has 2 aromatic heterocycles. The fourth-order valence-corrected chi connectivity index (χ4v) is 5.22. The van der Waals surface area contributed by atoms with Gasteiger partial charge in [0.05, 0.1) is 25.5 Å². The summed E-state index contributed by atoms with van der Waals surface area (Å²) in [5.74, 6) is -0.358. The number of nitrogens with one attached hydrogen (secondary N) is 1. The Morgan fingerprint density at radius 2 is 1.84 bits per heavy atom. The average molecular weight is 545 g/mol. The van der Waals surface area contributed by atoms with Crippen LogP contribution in [0.1, 0.15) is 42.5 Å². The second kappa shape index (κ2) is 12.5. The van der Waals surface area contributed by atoms with Crippen molar-refractivity contribution in [1.29, 1.82) is 0 Å². The molecule has 0 aliphatic rings. The fraction of sp³-hybridized carbons (Fsp3) is 0.320. The van der Waals surface area contributed by atoms with Gasteiger partial charge < -0.3 is 19.5 Å². The quantitative estimate of drug-likeness (QED) is 0.213. The summed E-state index contributed by atoms with van der Waals surface area (Å²) < 4.78 is 17.3. The standard InChI is InChI=1S/C25H28N4O6S2/c1-7-10-29-18(12-35-17-9-8-14(2)15(3)11-17)27-28-25(29)36-13-19(30)26-22-20(23(31)33-5)16(4)21(37-22)24(32)34-6/h7-9,11H,1,10,12-13H2,2-6H3,(H,26,30). The molecule has 0 atom stereocenters. The lowest BCUT2D eigenvalue weighted by Gasteiger charge is -2.10. The van der Waals surface area contributed by atoms with Gasteiger partial charge in [-0.1, -0.05) is 23.9 Å². The Kier molecular flexibility index (Phi) is 9.48. The number of carbonyl (C=O) groups excluding carboxylic acids is 3. The third-order valence-corrected chi connectivity index (χ3v) is 7.60. The number of nitrogens with zero attached hydrogens (tertiary/aromatic N) is 3. The van der Waals surface area contributed by atoms with E-state index in [9.17, 15) is 14.4 Å². The lowest BCUT2D eigenvalue weighted by atomic mass is 10.1. The molecule has 1 amide bonds. The van der Waals surface area contributed by atoms with Crippen molar-refractivity contribution in [2.75, 3.05) is 25.3 Å². The number of thioether (sulfide) groups is 1. The molecular weight excluding hydrogens is 516 g/mol. The summed E-state index contributed by atoms with van der Waals surface area (Å²) in [6.45, 7) is 10.1. The summed E-state index contributed by atoms with van der Waals surface area (Å²) in [7, 11) is 2.47. The van der Waals surface area contributed by atoms with Gasteiger partial charge in [0.2, 0.25) is 5.91 Å². The Bertz CT molecular complexity index is 1330. The molecule has 196 valence electrons. The molecule has 0 fully saturated rings. The Morgan fingerprint density at radius 1 is 1.11 bits per heavy atom. The van der Waals surface area contributed by atoms with E-state index in [4.69, 9.17) is 14.2 Å². The number of aryl methyl sites for hydroxylation is 2. The monoisotopic (exact) mass is 544 g/mol. The van der Waals surface area contributed by atoms with Crippen molar-refractivity contribution >= 4 is 45.9 Å². The zero-order valence-electron chi connectivity index (χ0n) is 21.2. The van der Waals surface area contributed by atoms with Crippen molar-refractivity contribution < 1.29 is 28.6 Å². The topological polar surface area (TPSA) is 122 Å². The van der Waals surface area contributed by atoms with Gasteiger partial charge >= 0.3 is 11.9 Å². The summed E-state index contributed by atoms with van der Waals surface area (Å²) in [4.78, 5) is 37.3. The third kappa shape index (κ3) is 6.57. The van der Waals surface area contributed by atoms with Crippen LogP contribution in [0.25, 0.3) is 0 Å². The number of benzene rings is 1. The Labute approximate surface area is 223 Å². The Morgan fingerprint density at radius 3 is 2.49 bits per heavy atom. The highest BCUT2D eigenvalue weighted by Gasteiger charge is 2.27. The highest BCUT2D eigenvalue weighted by atomic mass is 32.2. The zero-order chi connectivity index (χ0) is 27.1. The van der Waals surface area contributed by atoms with Gasteiger partial charge in [-0.3, -0.25) is 9.36 Å². The van der Waals surface area contributed by atoms with E-state index in [0.29, 0.717) is 23.1 Å². The van der Waals surface area contributed by atoms with E-state index in [0.717, 1.165) is 22.6 Å². The lowest BCUT2D eigenvalue weighted by molar-refractivity contribution is -0.113. The molecule has 0 spiro atoms.